The van der Waals surface area contributed by atoms with Gasteiger partial charge in [-0.25, -0.2) is 0 Å². The zero-order valence-electron chi connectivity index (χ0n) is 35.5. The highest BCUT2D eigenvalue weighted by Gasteiger charge is 2.28. The molecule has 0 aliphatic heterocycles. The molecule has 316 valence electrons. The number of allylic oxidation sites excluding steroid dienone is 2. The average Bonchev–Trinajstić information content (AvgIpc) is 3.16. The molecule has 0 radical (unpaired) electrons. The number of aliphatic hydroxyl groups excluding tert-OH is 4. The summed E-state index contributed by atoms with van der Waals surface area (Å²) in [7, 11) is 0. The van der Waals surface area contributed by atoms with Gasteiger partial charge in [0.05, 0.1) is 18.8 Å². The first-order valence-electron chi connectivity index (χ1n) is 23.6. The lowest BCUT2D eigenvalue weighted by molar-refractivity contribution is -0.132. The van der Waals surface area contributed by atoms with Crippen LogP contribution in [-0.2, 0) is 4.79 Å². The van der Waals surface area contributed by atoms with Crippen molar-refractivity contribution in [1.29, 1.82) is 0 Å². The van der Waals surface area contributed by atoms with Crippen LogP contribution < -0.4 is 5.32 Å². The van der Waals surface area contributed by atoms with Crippen molar-refractivity contribution in [2.45, 2.75) is 276 Å². The monoisotopic (exact) mass is 752 g/mol. The van der Waals surface area contributed by atoms with Gasteiger partial charge in [-0.3, -0.25) is 4.79 Å². The molecule has 4 unspecified atom stereocenters. The molecule has 0 aliphatic carbocycles. The molecule has 0 aliphatic rings. The molecular formula is C47H93NO5. The Bertz CT molecular complexity index is 761. The molecule has 0 saturated heterocycles. The second-order valence-corrected chi connectivity index (χ2v) is 16.5. The van der Waals surface area contributed by atoms with E-state index in [1.54, 1.807) is 0 Å². The molecule has 0 aromatic heterocycles. The van der Waals surface area contributed by atoms with Gasteiger partial charge in [-0.05, 0) is 38.5 Å². The molecule has 1 amide bonds. The summed E-state index contributed by atoms with van der Waals surface area (Å²) in [4.78, 5) is 12.5. The van der Waals surface area contributed by atoms with E-state index in [0.29, 0.717) is 12.8 Å². The molecule has 0 bridgehead atoms. The lowest BCUT2D eigenvalue weighted by Gasteiger charge is -2.27. The van der Waals surface area contributed by atoms with Crippen molar-refractivity contribution in [3.63, 3.8) is 0 Å². The van der Waals surface area contributed by atoms with Crippen LogP contribution in [0.1, 0.15) is 251 Å². The standard InChI is InChI=1S/C47H93NO5/c1-3-5-7-9-11-13-15-16-17-18-19-20-21-22-23-24-25-26-27-28-29-31-33-35-37-39-41-45(51)47(53)48-43(42-49)46(52)44(50)40-38-36-34-32-30-14-12-10-8-6-4-2/h32,34,43-46,49-52H,3-31,33,35-42H2,1-2H3,(H,48,53)/b34-32+. The Labute approximate surface area is 330 Å². The van der Waals surface area contributed by atoms with E-state index in [4.69, 9.17) is 0 Å². The topological polar surface area (TPSA) is 110 Å². The van der Waals surface area contributed by atoms with Gasteiger partial charge in [-0.15, -0.1) is 0 Å². The summed E-state index contributed by atoms with van der Waals surface area (Å²) >= 11 is 0. The van der Waals surface area contributed by atoms with Gasteiger partial charge >= 0.3 is 0 Å². The fourth-order valence-corrected chi connectivity index (χ4v) is 7.46. The highest BCUT2D eigenvalue weighted by atomic mass is 16.3. The lowest BCUT2D eigenvalue weighted by Crippen LogP contribution is -2.53. The van der Waals surface area contributed by atoms with Crippen LogP contribution >= 0.6 is 0 Å². The Morgan fingerprint density at radius 1 is 0.453 bits per heavy atom. The van der Waals surface area contributed by atoms with Gasteiger partial charge in [0.2, 0.25) is 5.91 Å². The molecule has 0 rings (SSSR count). The fourth-order valence-electron chi connectivity index (χ4n) is 7.46. The minimum absolute atomic E-state index is 0.368. The molecule has 4 atom stereocenters. The zero-order valence-corrected chi connectivity index (χ0v) is 35.5. The van der Waals surface area contributed by atoms with Crippen LogP contribution in [0, 0.1) is 0 Å². The molecule has 53 heavy (non-hydrogen) atoms. The maximum absolute atomic E-state index is 12.5. The van der Waals surface area contributed by atoms with Crippen molar-refractivity contribution in [1.82, 2.24) is 5.32 Å². The Balaban J connectivity index is 3.61. The van der Waals surface area contributed by atoms with E-state index in [2.05, 4.69) is 31.3 Å². The molecule has 5 N–H and O–H groups in total. The van der Waals surface area contributed by atoms with Gasteiger partial charge in [0.25, 0.3) is 0 Å². The van der Waals surface area contributed by atoms with Crippen LogP contribution in [0.15, 0.2) is 12.2 Å². The van der Waals surface area contributed by atoms with Crippen LogP contribution in [-0.4, -0.2) is 57.3 Å². The summed E-state index contributed by atoms with van der Waals surface area (Å²) in [5, 5.41) is 43.6. The number of hydrogen-bond donors (Lipinski definition) is 5. The molecule has 0 fully saturated rings. The van der Waals surface area contributed by atoms with Crippen molar-refractivity contribution in [2.24, 2.45) is 0 Å². The fraction of sp³-hybridized carbons (Fsp3) is 0.936. The van der Waals surface area contributed by atoms with Crippen LogP contribution in [0.25, 0.3) is 0 Å². The van der Waals surface area contributed by atoms with E-state index in [0.717, 1.165) is 38.5 Å². The first-order chi connectivity index (χ1) is 26.0. The molecule has 0 heterocycles. The van der Waals surface area contributed by atoms with E-state index < -0.39 is 36.9 Å². The summed E-state index contributed by atoms with van der Waals surface area (Å²) in [5.41, 5.74) is 0. The smallest absolute Gasteiger partial charge is 0.249 e. The summed E-state index contributed by atoms with van der Waals surface area (Å²) in [6.07, 6.45) is 47.0. The summed E-state index contributed by atoms with van der Waals surface area (Å²) in [6, 6.07) is -0.996. The van der Waals surface area contributed by atoms with Crippen molar-refractivity contribution in [3.05, 3.63) is 12.2 Å². The molecule has 6 nitrogen and oxygen atoms in total. The molecule has 6 heteroatoms. The van der Waals surface area contributed by atoms with Gasteiger partial charge < -0.3 is 25.7 Å². The van der Waals surface area contributed by atoms with Crippen molar-refractivity contribution in [3.8, 4) is 0 Å². The lowest BCUT2D eigenvalue weighted by atomic mass is 10.00. The van der Waals surface area contributed by atoms with Gasteiger partial charge in [0, 0.05) is 0 Å². The van der Waals surface area contributed by atoms with E-state index in [1.807, 2.05) is 0 Å². The molecule has 0 saturated carbocycles. The SMILES string of the molecule is CCCCCCCC/C=C/CCCC(O)C(O)C(CO)NC(=O)C(O)CCCCCCCCCCCCCCCCCCCCCCCCCCCC. The first kappa shape index (κ1) is 52.0. The van der Waals surface area contributed by atoms with Crippen molar-refractivity contribution in [2.75, 3.05) is 6.61 Å². The average molecular weight is 752 g/mol. The highest BCUT2D eigenvalue weighted by molar-refractivity contribution is 5.80. The number of nitrogens with one attached hydrogen (secondary N) is 1. The highest BCUT2D eigenvalue weighted by Crippen LogP contribution is 2.17. The quantitative estimate of drug-likeness (QED) is 0.0315. The Hall–Kier alpha value is -0.950. The molecule has 0 aromatic rings. The van der Waals surface area contributed by atoms with E-state index in [9.17, 15) is 25.2 Å². The third-order valence-corrected chi connectivity index (χ3v) is 11.2. The van der Waals surface area contributed by atoms with Gasteiger partial charge in [-0.2, -0.15) is 0 Å². The Kier molecular flexibility index (Phi) is 41.4. The second kappa shape index (κ2) is 42.2. The first-order valence-corrected chi connectivity index (χ1v) is 23.6. The minimum Gasteiger partial charge on any atom is -0.394 e. The second-order valence-electron chi connectivity index (χ2n) is 16.5. The number of amides is 1. The Morgan fingerprint density at radius 2 is 0.774 bits per heavy atom. The zero-order chi connectivity index (χ0) is 38.9. The normalized spacial score (nSPS) is 14.2. The maximum atomic E-state index is 12.5. The van der Waals surface area contributed by atoms with Crippen molar-refractivity contribution >= 4 is 5.91 Å². The number of carbonyl (C=O) groups is 1. The minimum atomic E-state index is -1.28. The van der Waals surface area contributed by atoms with Gasteiger partial charge in [-0.1, -0.05) is 225 Å². The third kappa shape index (κ3) is 36.4. The van der Waals surface area contributed by atoms with Crippen LogP contribution in [0.4, 0.5) is 0 Å². The van der Waals surface area contributed by atoms with E-state index in [-0.39, 0.29) is 0 Å². The van der Waals surface area contributed by atoms with Crippen LogP contribution in [0.5, 0.6) is 0 Å². The number of aliphatic hydroxyl groups is 4. The number of hydrogen-bond acceptors (Lipinski definition) is 5. The molecular weight excluding hydrogens is 659 g/mol. The summed E-state index contributed by atoms with van der Waals surface area (Å²) < 4.78 is 0. The summed E-state index contributed by atoms with van der Waals surface area (Å²) in [5.74, 6) is -0.590. The third-order valence-electron chi connectivity index (χ3n) is 11.2. The molecule has 0 aromatic carbocycles. The predicted molar refractivity (Wildman–Crippen MR) is 228 cm³/mol. The van der Waals surface area contributed by atoms with Gasteiger partial charge in [0.1, 0.15) is 12.2 Å². The van der Waals surface area contributed by atoms with E-state index >= 15 is 0 Å². The summed E-state index contributed by atoms with van der Waals surface area (Å²) in [6.45, 7) is 4.03. The van der Waals surface area contributed by atoms with E-state index in [1.165, 1.54) is 186 Å². The predicted octanol–water partition coefficient (Wildman–Crippen LogP) is 12.6. The van der Waals surface area contributed by atoms with Crippen molar-refractivity contribution < 1.29 is 25.2 Å². The van der Waals surface area contributed by atoms with Crippen LogP contribution in [0.3, 0.4) is 0 Å². The van der Waals surface area contributed by atoms with Gasteiger partial charge in [0.15, 0.2) is 0 Å². The molecule has 0 spiro atoms. The number of carbonyl (C=O) groups excluding carboxylic acids is 1. The number of unbranched alkanes of at least 4 members (excludes halogenated alkanes) is 32. The van der Waals surface area contributed by atoms with Crippen LogP contribution in [0.2, 0.25) is 0 Å². The Morgan fingerprint density at radius 3 is 1.13 bits per heavy atom. The largest absolute Gasteiger partial charge is 0.394 e. The maximum Gasteiger partial charge on any atom is 0.249 e. The number of rotatable bonds is 43.